The molecule has 1 aromatic rings. The summed E-state index contributed by atoms with van der Waals surface area (Å²) in [4.78, 5) is 0. The van der Waals surface area contributed by atoms with Crippen LogP contribution in [0.25, 0.3) is 5.57 Å². The molecule has 2 rings (SSSR count). The number of hydrogen-bond donors (Lipinski definition) is 2. The molecule has 0 bridgehead atoms. The fourth-order valence-corrected chi connectivity index (χ4v) is 3.81. The van der Waals surface area contributed by atoms with Gasteiger partial charge in [-0.1, -0.05) is 19.1 Å². The molecule has 0 atom stereocenters. The first-order valence-electron chi connectivity index (χ1n) is 8.21. The van der Waals surface area contributed by atoms with E-state index in [1.54, 1.807) is 11.3 Å². The zero-order valence-corrected chi connectivity index (χ0v) is 14.5. The molecule has 0 aliphatic heterocycles. The van der Waals surface area contributed by atoms with Crippen LogP contribution in [-0.4, -0.2) is 25.3 Å². The van der Waals surface area contributed by atoms with Crippen LogP contribution in [0.4, 0.5) is 0 Å². The largest absolute Gasteiger partial charge is 0.392 e. The van der Waals surface area contributed by atoms with Gasteiger partial charge < -0.3 is 10.4 Å². The fraction of sp³-hybridized carbons (Fsp3) is 0.474. The Balaban J connectivity index is 2.13. The van der Waals surface area contributed by atoms with E-state index in [9.17, 15) is 5.11 Å². The molecule has 1 aliphatic rings. The van der Waals surface area contributed by atoms with Crippen LogP contribution in [0.1, 0.15) is 43.7 Å². The van der Waals surface area contributed by atoms with E-state index in [2.05, 4.69) is 41.2 Å². The lowest BCUT2D eigenvalue weighted by Crippen LogP contribution is -2.07. The van der Waals surface area contributed by atoms with E-state index in [4.69, 9.17) is 0 Å². The van der Waals surface area contributed by atoms with Crippen LogP contribution in [0.3, 0.4) is 0 Å². The first kappa shape index (κ1) is 17.2. The number of aliphatic hydroxyl groups is 1. The Labute approximate surface area is 138 Å². The second-order valence-electron chi connectivity index (χ2n) is 5.68. The minimum Gasteiger partial charge on any atom is -0.392 e. The standard InChI is InChI=1S/C19H27NOS/c1-3-15-13-22-14-19(15)17-9-6-8-16(18(11-17)12-21)7-4-5-10-20-2/h8-9,11,13-14,20-21H,3-7,10,12H2,1-2H3. The molecule has 0 spiro atoms. The van der Waals surface area contributed by atoms with E-state index in [-0.39, 0.29) is 6.61 Å². The summed E-state index contributed by atoms with van der Waals surface area (Å²) < 4.78 is 0. The smallest absolute Gasteiger partial charge is 0.0684 e. The molecule has 0 unspecified atom stereocenters. The van der Waals surface area contributed by atoms with E-state index >= 15 is 0 Å². The fourth-order valence-electron chi connectivity index (χ4n) is 2.86. The lowest BCUT2D eigenvalue weighted by molar-refractivity contribution is 0.332. The number of rotatable bonds is 8. The van der Waals surface area contributed by atoms with Crippen LogP contribution in [0, 0.1) is 0 Å². The van der Waals surface area contributed by atoms with Gasteiger partial charge in [-0.25, -0.2) is 0 Å². The highest BCUT2D eigenvalue weighted by molar-refractivity contribution is 7.08. The minimum absolute atomic E-state index is 0.126. The van der Waals surface area contributed by atoms with Crippen molar-refractivity contribution < 1.29 is 5.11 Å². The quantitative estimate of drug-likeness (QED) is 0.699. The molecule has 22 heavy (non-hydrogen) atoms. The molecule has 0 aromatic carbocycles. The molecule has 1 heterocycles. The van der Waals surface area contributed by atoms with Crippen molar-refractivity contribution in [1.82, 2.24) is 5.32 Å². The van der Waals surface area contributed by atoms with Gasteiger partial charge in [0.05, 0.1) is 6.61 Å². The third-order valence-corrected chi connectivity index (χ3v) is 4.96. The average molecular weight is 317 g/mol. The second-order valence-corrected chi connectivity index (χ2v) is 6.42. The SMILES string of the molecule is CCc1cscc1C1=CCC=C(CCCCNC)C(CO)=C1. The number of aryl methyl sites for hydroxylation is 1. The van der Waals surface area contributed by atoms with Crippen LogP contribution in [0.15, 0.2) is 40.1 Å². The number of aliphatic hydroxyl groups excluding tert-OH is 1. The predicted octanol–water partition coefficient (Wildman–Crippen LogP) is 4.33. The van der Waals surface area contributed by atoms with Gasteiger partial charge in [0.25, 0.3) is 0 Å². The summed E-state index contributed by atoms with van der Waals surface area (Å²) in [5, 5.41) is 17.4. The van der Waals surface area contributed by atoms with Gasteiger partial charge in [0.1, 0.15) is 0 Å². The van der Waals surface area contributed by atoms with Crippen molar-refractivity contribution in [2.45, 2.75) is 39.0 Å². The zero-order valence-electron chi connectivity index (χ0n) is 13.7. The highest BCUT2D eigenvalue weighted by atomic mass is 32.1. The third kappa shape index (κ3) is 4.42. The van der Waals surface area contributed by atoms with E-state index in [0.717, 1.165) is 37.8 Å². The average Bonchev–Trinajstić information content (AvgIpc) is 2.92. The van der Waals surface area contributed by atoms with Gasteiger partial charge in [-0.05, 0) is 90.4 Å². The summed E-state index contributed by atoms with van der Waals surface area (Å²) in [5.41, 5.74) is 6.41. The number of thiophene rings is 1. The van der Waals surface area contributed by atoms with Gasteiger partial charge in [0.2, 0.25) is 0 Å². The highest BCUT2D eigenvalue weighted by Crippen LogP contribution is 2.31. The molecule has 1 aliphatic carbocycles. The molecular formula is C19H27NOS. The Morgan fingerprint density at radius 1 is 1.18 bits per heavy atom. The van der Waals surface area contributed by atoms with Gasteiger partial charge in [0, 0.05) is 0 Å². The molecule has 120 valence electrons. The predicted molar refractivity (Wildman–Crippen MR) is 97.3 cm³/mol. The summed E-state index contributed by atoms with van der Waals surface area (Å²) in [6.45, 7) is 3.38. The number of unbranched alkanes of at least 4 members (excludes halogenated alkanes) is 1. The van der Waals surface area contributed by atoms with Gasteiger partial charge in [0.15, 0.2) is 0 Å². The Hall–Kier alpha value is -1.16. The molecule has 0 amide bonds. The molecule has 2 N–H and O–H groups in total. The summed E-state index contributed by atoms with van der Waals surface area (Å²) in [6.07, 6.45) is 12.2. The lowest BCUT2D eigenvalue weighted by Gasteiger charge is -2.10. The summed E-state index contributed by atoms with van der Waals surface area (Å²) >= 11 is 1.76. The summed E-state index contributed by atoms with van der Waals surface area (Å²) in [6, 6.07) is 0. The van der Waals surface area contributed by atoms with Gasteiger partial charge in [-0.2, -0.15) is 11.3 Å². The van der Waals surface area contributed by atoms with Gasteiger partial charge >= 0.3 is 0 Å². The van der Waals surface area contributed by atoms with Crippen molar-refractivity contribution in [3.63, 3.8) is 0 Å². The van der Waals surface area contributed by atoms with E-state index in [0.29, 0.717) is 0 Å². The molecule has 0 radical (unpaired) electrons. The zero-order chi connectivity index (χ0) is 15.8. The monoisotopic (exact) mass is 317 g/mol. The van der Waals surface area contributed by atoms with E-state index in [1.807, 2.05) is 7.05 Å². The van der Waals surface area contributed by atoms with Crippen LogP contribution >= 0.6 is 11.3 Å². The van der Waals surface area contributed by atoms with Crippen molar-refractivity contribution in [3.05, 3.63) is 51.3 Å². The van der Waals surface area contributed by atoms with Crippen molar-refractivity contribution in [2.24, 2.45) is 0 Å². The van der Waals surface area contributed by atoms with Gasteiger partial charge in [-0.15, -0.1) is 0 Å². The summed E-state index contributed by atoms with van der Waals surface area (Å²) in [5.74, 6) is 0. The normalized spacial score (nSPS) is 15.1. The topological polar surface area (TPSA) is 32.3 Å². The molecule has 0 fully saturated rings. The molecule has 1 aromatic heterocycles. The van der Waals surface area contributed by atoms with Gasteiger partial charge in [-0.3, -0.25) is 0 Å². The van der Waals surface area contributed by atoms with Crippen LogP contribution < -0.4 is 5.32 Å². The van der Waals surface area contributed by atoms with Crippen molar-refractivity contribution >= 4 is 16.9 Å². The molecular weight excluding hydrogens is 290 g/mol. The number of hydrogen-bond acceptors (Lipinski definition) is 3. The highest BCUT2D eigenvalue weighted by Gasteiger charge is 2.12. The molecule has 3 heteroatoms. The first-order chi connectivity index (χ1) is 10.8. The van der Waals surface area contributed by atoms with Crippen molar-refractivity contribution in [1.29, 1.82) is 0 Å². The third-order valence-electron chi connectivity index (χ3n) is 4.17. The Bertz CT molecular complexity index is 566. The maximum Gasteiger partial charge on any atom is 0.0684 e. The van der Waals surface area contributed by atoms with Crippen molar-refractivity contribution in [3.8, 4) is 0 Å². The molecule has 0 saturated heterocycles. The van der Waals surface area contributed by atoms with Crippen LogP contribution in [0.5, 0.6) is 0 Å². The Kier molecular flexibility index (Phi) is 7.10. The van der Waals surface area contributed by atoms with E-state index < -0.39 is 0 Å². The minimum atomic E-state index is 0.126. The Morgan fingerprint density at radius 2 is 2.05 bits per heavy atom. The number of nitrogens with one attached hydrogen (secondary N) is 1. The van der Waals surface area contributed by atoms with Crippen molar-refractivity contribution in [2.75, 3.05) is 20.2 Å². The maximum absolute atomic E-state index is 9.78. The van der Waals surface area contributed by atoms with Crippen LogP contribution in [-0.2, 0) is 6.42 Å². The maximum atomic E-state index is 9.78. The lowest BCUT2D eigenvalue weighted by atomic mass is 9.97. The molecule has 0 saturated carbocycles. The number of allylic oxidation sites excluding steroid dienone is 4. The summed E-state index contributed by atoms with van der Waals surface area (Å²) in [7, 11) is 1.99. The van der Waals surface area contributed by atoms with E-state index in [1.165, 1.54) is 28.7 Å². The second kappa shape index (κ2) is 9.09. The molecule has 2 nitrogen and oxygen atoms in total. The first-order valence-corrected chi connectivity index (χ1v) is 9.15. The Morgan fingerprint density at radius 3 is 2.77 bits per heavy atom. The van der Waals surface area contributed by atoms with Crippen LogP contribution in [0.2, 0.25) is 0 Å².